The molecule has 0 aromatic heterocycles. The number of nitrogens with zero attached hydrogens (tertiary/aromatic N) is 2. The number of rotatable bonds is 8. The highest BCUT2D eigenvalue weighted by atomic mass is 32.2. The topological polar surface area (TPSA) is 79.0 Å². The Balaban J connectivity index is 2.04. The van der Waals surface area contributed by atoms with E-state index in [9.17, 15) is 22.0 Å². The molecule has 1 N–H and O–H groups in total. The standard InChI is InChI=1S/C24H25F2N3O4S/c1-28(2)18-12-9-16(10-13-18)17-11-14-21(29(3)34(4,31)32)20(15-17)27-23(30)19-7-5-6-8-22(19)33-24(25)26/h5-15,24H,1-4H3,(H,27,30). The van der Waals surface area contributed by atoms with E-state index in [1.54, 1.807) is 18.2 Å². The molecule has 0 aliphatic heterocycles. The Labute approximate surface area is 197 Å². The van der Waals surface area contributed by atoms with Crippen LogP contribution >= 0.6 is 0 Å². The van der Waals surface area contributed by atoms with Gasteiger partial charge in [-0.3, -0.25) is 9.10 Å². The highest BCUT2D eigenvalue weighted by Crippen LogP contribution is 2.34. The van der Waals surface area contributed by atoms with E-state index in [0.29, 0.717) is 0 Å². The third-order valence-corrected chi connectivity index (χ3v) is 6.34. The Morgan fingerprint density at radius 2 is 1.56 bits per heavy atom. The molecule has 0 atom stereocenters. The summed E-state index contributed by atoms with van der Waals surface area (Å²) < 4.78 is 55.4. The Bertz CT molecular complexity index is 1280. The number of carbonyl (C=O) groups is 1. The second-order valence-corrected chi connectivity index (χ2v) is 9.75. The maximum Gasteiger partial charge on any atom is 0.387 e. The van der Waals surface area contributed by atoms with Gasteiger partial charge in [0.05, 0.1) is 23.2 Å². The fraction of sp³-hybridized carbons (Fsp3) is 0.208. The predicted octanol–water partition coefficient (Wildman–Crippen LogP) is 4.67. The molecule has 0 aliphatic rings. The minimum Gasteiger partial charge on any atom is -0.434 e. The van der Waals surface area contributed by atoms with E-state index in [1.807, 2.05) is 43.3 Å². The van der Waals surface area contributed by atoms with Crippen molar-refractivity contribution < 1.29 is 26.7 Å². The number of anilines is 3. The Morgan fingerprint density at radius 1 is 0.941 bits per heavy atom. The maximum atomic E-state index is 13.0. The molecule has 0 saturated heterocycles. The minimum atomic E-state index is -3.64. The van der Waals surface area contributed by atoms with Crippen molar-refractivity contribution in [2.75, 3.05) is 41.9 Å². The average Bonchev–Trinajstić information content (AvgIpc) is 2.78. The molecule has 3 aromatic carbocycles. The molecule has 0 heterocycles. The lowest BCUT2D eigenvalue weighted by Crippen LogP contribution is -2.26. The van der Waals surface area contributed by atoms with Crippen LogP contribution in [0.4, 0.5) is 25.8 Å². The summed E-state index contributed by atoms with van der Waals surface area (Å²) in [5.41, 5.74) is 2.87. The van der Waals surface area contributed by atoms with Gasteiger partial charge in [-0.25, -0.2) is 8.42 Å². The molecular weight excluding hydrogens is 464 g/mol. The molecule has 0 spiro atoms. The van der Waals surface area contributed by atoms with Gasteiger partial charge in [-0.2, -0.15) is 8.78 Å². The van der Waals surface area contributed by atoms with Crippen molar-refractivity contribution in [1.82, 2.24) is 0 Å². The summed E-state index contributed by atoms with van der Waals surface area (Å²) >= 11 is 0. The van der Waals surface area contributed by atoms with Crippen LogP contribution in [0.2, 0.25) is 0 Å². The van der Waals surface area contributed by atoms with Gasteiger partial charge < -0.3 is 15.0 Å². The molecule has 7 nitrogen and oxygen atoms in total. The Morgan fingerprint density at radius 3 is 2.15 bits per heavy atom. The minimum absolute atomic E-state index is 0.114. The van der Waals surface area contributed by atoms with Crippen LogP contribution in [-0.2, 0) is 10.0 Å². The molecule has 0 bridgehead atoms. The third-order valence-electron chi connectivity index (χ3n) is 5.15. The number of hydrogen-bond donors (Lipinski definition) is 1. The van der Waals surface area contributed by atoms with Crippen LogP contribution in [0.25, 0.3) is 11.1 Å². The van der Waals surface area contributed by atoms with Crippen LogP contribution in [0.5, 0.6) is 5.75 Å². The summed E-state index contributed by atoms with van der Waals surface area (Å²) in [6.45, 7) is -3.10. The summed E-state index contributed by atoms with van der Waals surface area (Å²) in [5, 5.41) is 2.66. The van der Waals surface area contributed by atoms with E-state index in [2.05, 4.69) is 10.1 Å². The van der Waals surface area contributed by atoms with Crippen LogP contribution in [0.3, 0.4) is 0 Å². The summed E-state index contributed by atoms with van der Waals surface area (Å²) in [5.74, 6) is -1.01. The van der Waals surface area contributed by atoms with Crippen molar-refractivity contribution in [3.8, 4) is 16.9 Å². The zero-order chi connectivity index (χ0) is 25.0. The predicted molar refractivity (Wildman–Crippen MR) is 130 cm³/mol. The van der Waals surface area contributed by atoms with E-state index < -0.39 is 22.5 Å². The van der Waals surface area contributed by atoms with Crippen molar-refractivity contribution in [3.63, 3.8) is 0 Å². The molecule has 0 saturated carbocycles. The van der Waals surface area contributed by atoms with Gasteiger partial charge >= 0.3 is 6.61 Å². The van der Waals surface area contributed by atoms with Gasteiger partial charge in [0.25, 0.3) is 5.91 Å². The average molecular weight is 490 g/mol. The van der Waals surface area contributed by atoms with Crippen LogP contribution in [0.15, 0.2) is 66.7 Å². The van der Waals surface area contributed by atoms with Crippen LogP contribution in [0, 0.1) is 0 Å². The van der Waals surface area contributed by atoms with Gasteiger partial charge in [0, 0.05) is 26.8 Å². The molecule has 0 fully saturated rings. The first-order valence-electron chi connectivity index (χ1n) is 10.2. The number of ether oxygens (including phenoxy) is 1. The Hall–Kier alpha value is -3.66. The van der Waals surface area contributed by atoms with E-state index in [0.717, 1.165) is 27.4 Å². The van der Waals surface area contributed by atoms with E-state index in [4.69, 9.17) is 0 Å². The molecular formula is C24H25F2N3O4S. The SMILES string of the molecule is CN(C)c1ccc(-c2ccc(N(C)S(C)(=O)=O)c(NC(=O)c3ccccc3OC(F)F)c2)cc1. The molecule has 0 unspecified atom stereocenters. The van der Waals surface area contributed by atoms with E-state index >= 15 is 0 Å². The number of benzene rings is 3. The monoisotopic (exact) mass is 489 g/mol. The normalized spacial score (nSPS) is 11.3. The molecule has 3 aromatic rings. The second-order valence-electron chi connectivity index (χ2n) is 7.73. The zero-order valence-corrected chi connectivity index (χ0v) is 19.9. The molecule has 3 rings (SSSR count). The van der Waals surface area contributed by atoms with E-state index in [-0.39, 0.29) is 22.7 Å². The van der Waals surface area contributed by atoms with Crippen molar-refractivity contribution in [2.24, 2.45) is 0 Å². The number of halogens is 2. The zero-order valence-electron chi connectivity index (χ0n) is 19.1. The second kappa shape index (κ2) is 10.1. The maximum absolute atomic E-state index is 13.0. The summed E-state index contributed by atoms with van der Waals surface area (Å²) in [6.07, 6.45) is 1.04. The number of nitrogens with one attached hydrogen (secondary N) is 1. The van der Waals surface area contributed by atoms with Crippen LogP contribution in [-0.4, -0.2) is 48.3 Å². The lowest BCUT2D eigenvalue weighted by molar-refractivity contribution is -0.0501. The number of para-hydroxylation sites is 1. The van der Waals surface area contributed by atoms with Gasteiger partial charge in [-0.05, 0) is 47.5 Å². The first-order valence-corrected chi connectivity index (χ1v) is 12.0. The van der Waals surface area contributed by atoms with E-state index in [1.165, 1.54) is 31.3 Å². The molecule has 10 heteroatoms. The van der Waals surface area contributed by atoms with Crippen molar-refractivity contribution in [2.45, 2.75) is 6.61 Å². The first-order chi connectivity index (χ1) is 16.0. The largest absolute Gasteiger partial charge is 0.434 e. The number of alkyl halides is 2. The third kappa shape index (κ3) is 5.82. The van der Waals surface area contributed by atoms with Gasteiger partial charge in [0.2, 0.25) is 10.0 Å². The fourth-order valence-electron chi connectivity index (χ4n) is 3.26. The number of hydrogen-bond acceptors (Lipinski definition) is 5. The number of sulfonamides is 1. The number of carbonyl (C=O) groups excluding carboxylic acids is 1. The van der Waals surface area contributed by atoms with Crippen LogP contribution in [0.1, 0.15) is 10.4 Å². The lowest BCUT2D eigenvalue weighted by atomic mass is 10.0. The van der Waals surface area contributed by atoms with Gasteiger partial charge in [0.1, 0.15) is 5.75 Å². The van der Waals surface area contributed by atoms with Gasteiger partial charge in [-0.1, -0.05) is 30.3 Å². The van der Waals surface area contributed by atoms with Gasteiger partial charge in [0.15, 0.2) is 0 Å². The van der Waals surface area contributed by atoms with Crippen molar-refractivity contribution in [1.29, 1.82) is 0 Å². The fourth-order valence-corrected chi connectivity index (χ4v) is 3.78. The Kier molecular flexibility index (Phi) is 7.41. The molecule has 1 amide bonds. The molecule has 0 aliphatic carbocycles. The summed E-state index contributed by atoms with van der Waals surface area (Å²) in [7, 11) is 1.57. The van der Waals surface area contributed by atoms with Crippen molar-refractivity contribution >= 4 is 33.0 Å². The molecule has 0 radical (unpaired) electrons. The summed E-state index contributed by atoms with van der Waals surface area (Å²) in [6, 6.07) is 18.2. The molecule has 34 heavy (non-hydrogen) atoms. The highest BCUT2D eigenvalue weighted by molar-refractivity contribution is 7.92. The number of amides is 1. The lowest BCUT2D eigenvalue weighted by Gasteiger charge is -2.22. The smallest absolute Gasteiger partial charge is 0.387 e. The van der Waals surface area contributed by atoms with Gasteiger partial charge in [-0.15, -0.1) is 0 Å². The summed E-state index contributed by atoms with van der Waals surface area (Å²) in [4.78, 5) is 15.0. The van der Waals surface area contributed by atoms with Crippen LogP contribution < -0.4 is 19.3 Å². The van der Waals surface area contributed by atoms with Crippen molar-refractivity contribution in [3.05, 3.63) is 72.3 Å². The molecule has 180 valence electrons. The quantitative estimate of drug-likeness (QED) is 0.498. The highest BCUT2D eigenvalue weighted by Gasteiger charge is 2.21. The first kappa shape index (κ1) is 25.0.